The molecule has 0 spiro atoms. The summed E-state index contributed by atoms with van der Waals surface area (Å²) in [7, 11) is 3.15. The summed E-state index contributed by atoms with van der Waals surface area (Å²) in [6.45, 7) is 2.71. The molecule has 0 atom stereocenters. The van der Waals surface area contributed by atoms with Crippen molar-refractivity contribution in [1.29, 1.82) is 0 Å². The molecule has 0 saturated carbocycles. The predicted molar refractivity (Wildman–Crippen MR) is 130 cm³/mol. The summed E-state index contributed by atoms with van der Waals surface area (Å²) in [6, 6.07) is 12.5. The van der Waals surface area contributed by atoms with Gasteiger partial charge in [-0.2, -0.15) is 0 Å². The zero-order chi connectivity index (χ0) is 24.5. The minimum Gasteiger partial charge on any atom is -0.497 e. The second-order valence-electron chi connectivity index (χ2n) is 8.07. The third kappa shape index (κ3) is 4.40. The molecular weight excluding hydrogens is 472 g/mol. The highest BCUT2D eigenvalue weighted by Gasteiger charge is 2.30. The summed E-state index contributed by atoms with van der Waals surface area (Å²) < 4.78 is 33.8. The van der Waals surface area contributed by atoms with Crippen molar-refractivity contribution in [3.05, 3.63) is 81.1 Å². The van der Waals surface area contributed by atoms with Gasteiger partial charge in [0.1, 0.15) is 35.4 Å². The SMILES string of the molecule is COc1ccc(OC)c(/C=C2\Oc3c(ccc(OCc4cc(Cl)cc5c4OCOC5)c3C)C2=O)c1. The molecule has 0 aliphatic carbocycles. The van der Waals surface area contributed by atoms with Crippen LogP contribution in [0, 0.1) is 6.92 Å². The van der Waals surface area contributed by atoms with Crippen LogP contribution in [0.4, 0.5) is 0 Å². The molecule has 0 unspecified atom stereocenters. The Balaban J connectivity index is 1.41. The molecule has 8 heteroatoms. The molecule has 0 N–H and O–H groups in total. The summed E-state index contributed by atoms with van der Waals surface area (Å²) in [6.07, 6.45) is 1.65. The molecule has 2 aliphatic heterocycles. The number of hydrogen-bond donors (Lipinski definition) is 0. The van der Waals surface area contributed by atoms with Gasteiger partial charge in [-0.1, -0.05) is 11.6 Å². The van der Waals surface area contributed by atoms with E-state index in [4.69, 9.17) is 40.0 Å². The Morgan fingerprint density at radius 2 is 1.86 bits per heavy atom. The average molecular weight is 495 g/mol. The number of allylic oxidation sites excluding steroid dienone is 1. The Hall–Kier alpha value is -3.68. The van der Waals surface area contributed by atoms with Crippen LogP contribution in [0.3, 0.4) is 0 Å². The van der Waals surface area contributed by atoms with E-state index < -0.39 is 0 Å². The van der Waals surface area contributed by atoms with Gasteiger partial charge < -0.3 is 28.4 Å². The van der Waals surface area contributed by atoms with Gasteiger partial charge in [-0.05, 0) is 55.5 Å². The lowest BCUT2D eigenvalue weighted by molar-refractivity contribution is -0.0175. The number of carbonyl (C=O) groups is 1. The number of Topliss-reactive ketones (excluding diaryl/α,β-unsaturated/α-hetero) is 1. The Bertz CT molecular complexity index is 1350. The minimum absolute atomic E-state index is 0.183. The lowest BCUT2D eigenvalue weighted by atomic mass is 10.1. The molecule has 5 rings (SSSR count). The van der Waals surface area contributed by atoms with Crippen LogP contribution in [0.1, 0.15) is 32.6 Å². The number of benzene rings is 3. The topological polar surface area (TPSA) is 72.5 Å². The van der Waals surface area contributed by atoms with Gasteiger partial charge in [0, 0.05) is 27.3 Å². The van der Waals surface area contributed by atoms with Gasteiger partial charge in [0.05, 0.1) is 26.4 Å². The van der Waals surface area contributed by atoms with Crippen LogP contribution < -0.4 is 23.7 Å². The van der Waals surface area contributed by atoms with Crippen molar-refractivity contribution in [3.8, 4) is 28.7 Å². The van der Waals surface area contributed by atoms with Crippen LogP contribution >= 0.6 is 11.6 Å². The summed E-state index contributed by atoms with van der Waals surface area (Å²) in [5.74, 6) is 3.02. The van der Waals surface area contributed by atoms with Crippen molar-refractivity contribution in [3.63, 3.8) is 0 Å². The number of fused-ring (bicyclic) bond motifs is 2. The van der Waals surface area contributed by atoms with Crippen LogP contribution in [0.2, 0.25) is 5.02 Å². The van der Waals surface area contributed by atoms with Crippen molar-refractivity contribution in [1.82, 2.24) is 0 Å². The van der Waals surface area contributed by atoms with E-state index in [1.807, 2.05) is 19.1 Å². The second kappa shape index (κ2) is 9.52. The maximum absolute atomic E-state index is 13.0. The van der Waals surface area contributed by atoms with Gasteiger partial charge in [-0.3, -0.25) is 4.79 Å². The van der Waals surface area contributed by atoms with Crippen molar-refractivity contribution in [2.24, 2.45) is 0 Å². The number of hydrogen-bond acceptors (Lipinski definition) is 7. The summed E-state index contributed by atoms with van der Waals surface area (Å²) >= 11 is 6.26. The molecule has 3 aromatic rings. The van der Waals surface area contributed by atoms with Crippen LogP contribution in [0.15, 0.2) is 48.2 Å². The summed E-state index contributed by atoms with van der Waals surface area (Å²) in [4.78, 5) is 13.0. The lowest BCUT2D eigenvalue weighted by Crippen LogP contribution is -2.14. The van der Waals surface area contributed by atoms with Crippen LogP contribution in [0.25, 0.3) is 6.08 Å². The maximum atomic E-state index is 13.0. The molecule has 180 valence electrons. The van der Waals surface area contributed by atoms with E-state index in [1.165, 1.54) is 0 Å². The Morgan fingerprint density at radius 1 is 1.03 bits per heavy atom. The van der Waals surface area contributed by atoms with Gasteiger partial charge in [0.15, 0.2) is 12.6 Å². The highest BCUT2D eigenvalue weighted by atomic mass is 35.5. The first-order valence-corrected chi connectivity index (χ1v) is 11.3. The van der Waals surface area contributed by atoms with E-state index >= 15 is 0 Å². The standard InChI is InChI=1S/C27H23ClO7/c1-15-22(33-13-18-9-19(28)8-17-12-32-14-34-27(17)18)7-5-21-25(29)24(35-26(15)21)11-16-10-20(30-2)4-6-23(16)31-3/h4-11H,12-14H2,1-3H3/b24-11-. The Kier molecular flexibility index (Phi) is 6.28. The normalized spacial score (nSPS) is 15.2. The number of carbonyl (C=O) groups excluding carboxylic acids is 1. The lowest BCUT2D eigenvalue weighted by Gasteiger charge is -2.21. The van der Waals surface area contributed by atoms with Crippen LogP contribution in [-0.4, -0.2) is 26.8 Å². The zero-order valence-corrected chi connectivity index (χ0v) is 20.2. The molecule has 0 bridgehead atoms. The van der Waals surface area contributed by atoms with Crippen molar-refractivity contribution in [2.75, 3.05) is 21.0 Å². The van der Waals surface area contributed by atoms with E-state index in [0.717, 1.165) is 22.4 Å². The molecule has 0 amide bonds. The molecule has 7 nitrogen and oxygen atoms in total. The van der Waals surface area contributed by atoms with E-state index in [1.54, 1.807) is 50.6 Å². The first kappa shape index (κ1) is 23.1. The monoisotopic (exact) mass is 494 g/mol. The fourth-order valence-corrected chi connectivity index (χ4v) is 4.40. The van der Waals surface area contributed by atoms with E-state index in [2.05, 4.69) is 0 Å². The van der Waals surface area contributed by atoms with Gasteiger partial charge in [-0.25, -0.2) is 0 Å². The number of rotatable bonds is 6. The fraction of sp³-hybridized carbons (Fsp3) is 0.222. The molecule has 2 heterocycles. The highest BCUT2D eigenvalue weighted by Crippen LogP contribution is 2.41. The largest absolute Gasteiger partial charge is 0.497 e. The first-order chi connectivity index (χ1) is 17.0. The number of ketones is 1. The van der Waals surface area contributed by atoms with E-state index in [0.29, 0.717) is 45.8 Å². The first-order valence-electron chi connectivity index (χ1n) is 10.9. The molecule has 0 radical (unpaired) electrons. The number of halogens is 1. The van der Waals surface area contributed by atoms with Crippen molar-refractivity contribution in [2.45, 2.75) is 20.1 Å². The second-order valence-corrected chi connectivity index (χ2v) is 8.50. The molecular formula is C27H23ClO7. The quantitative estimate of drug-likeness (QED) is 0.405. The molecule has 0 aromatic heterocycles. The van der Waals surface area contributed by atoms with E-state index in [-0.39, 0.29) is 24.9 Å². The van der Waals surface area contributed by atoms with E-state index in [9.17, 15) is 4.79 Å². The summed E-state index contributed by atoms with van der Waals surface area (Å²) in [5.41, 5.74) is 3.57. The Labute approximate surface area is 207 Å². The predicted octanol–water partition coefficient (Wildman–Crippen LogP) is 5.73. The molecule has 0 fully saturated rings. The van der Waals surface area contributed by atoms with Gasteiger partial charge in [0.2, 0.25) is 5.78 Å². The molecule has 35 heavy (non-hydrogen) atoms. The minimum atomic E-state index is -0.211. The average Bonchev–Trinajstić information content (AvgIpc) is 3.19. The van der Waals surface area contributed by atoms with Crippen LogP contribution in [0.5, 0.6) is 28.7 Å². The third-order valence-electron chi connectivity index (χ3n) is 5.89. The Morgan fingerprint density at radius 3 is 2.66 bits per heavy atom. The van der Waals surface area contributed by atoms with Crippen molar-refractivity contribution >= 4 is 23.5 Å². The third-order valence-corrected chi connectivity index (χ3v) is 6.11. The maximum Gasteiger partial charge on any atom is 0.231 e. The fourth-order valence-electron chi connectivity index (χ4n) is 4.14. The van der Waals surface area contributed by atoms with Crippen LogP contribution in [-0.2, 0) is 18.0 Å². The number of methoxy groups -OCH3 is 2. The molecule has 0 saturated heterocycles. The highest BCUT2D eigenvalue weighted by molar-refractivity contribution is 6.30. The smallest absolute Gasteiger partial charge is 0.231 e. The van der Waals surface area contributed by atoms with Gasteiger partial charge >= 0.3 is 0 Å². The number of ether oxygens (including phenoxy) is 6. The molecule has 2 aliphatic rings. The summed E-state index contributed by atoms with van der Waals surface area (Å²) in [5, 5.41) is 0.582. The van der Waals surface area contributed by atoms with Crippen molar-refractivity contribution < 1.29 is 33.2 Å². The molecule has 3 aromatic carbocycles. The zero-order valence-electron chi connectivity index (χ0n) is 19.5. The van der Waals surface area contributed by atoms with Gasteiger partial charge in [0.25, 0.3) is 0 Å². The van der Waals surface area contributed by atoms with Gasteiger partial charge in [-0.15, -0.1) is 0 Å².